The molecule has 0 amide bonds. The predicted molar refractivity (Wildman–Crippen MR) is 66.6 cm³/mol. The van der Waals surface area contributed by atoms with E-state index in [1.165, 1.54) is 0 Å². The molecular weight excluding hydrogens is 239 g/mol. The Bertz CT molecular complexity index is 393. The molecule has 18 heavy (non-hydrogen) atoms. The summed E-state index contributed by atoms with van der Waals surface area (Å²) < 4.78 is 39.6. The molecule has 0 radical (unpaired) electrons. The third kappa shape index (κ3) is 3.48. The number of benzene rings is 1. The van der Waals surface area contributed by atoms with Gasteiger partial charge < -0.3 is 5.73 Å². The fourth-order valence-corrected chi connectivity index (χ4v) is 2.15. The summed E-state index contributed by atoms with van der Waals surface area (Å²) in [6.07, 6.45) is 3.69. The summed E-state index contributed by atoms with van der Waals surface area (Å²) in [7, 11) is 0. The monoisotopic (exact) mass is 259 g/mol. The van der Waals surface area contributed by atoms with Crippen molar-refractivity contribution in [1.82, 2.24) is 0 Å². The van der Waals surface area contributed by atoms with Crippen LogP contribution in [0.4, 0.5) is 13.2 Å². The molecule has 0 aliphatic carbocycles. The summed E-state index contributed by atoms with van der Waals surface area (Å²) in [6, 6.07) is 0.859. The molecule has 1 aromatic carbocycles. The van der Waals surface area contributed by atoms with E-state index in [0.29, 0.717) is 6.07 Å². The highest BCUT2D eigenvalue weighted by atomic mass is 19.2. The molecule has 0 fully saturated rings. The maximum Gasteiger partial charge on any atom is 0.161 e. The maximum absolute atomic E-state index is 13.6. The molecule has 0 saturated carbocycles. The van der Waals surface area contributed by atoms with Crippen LogP contribution in [0.25, 0.3) is 0 Å². The Morgan fingerprint density at radius 2 is 1.67 bits per heavy atom. The van der Waals surface area contributed by atoms with Crippen LogP contribution in [0.15, 0.2) is 12.1 Å². The number of nitrogens with two attached hydrogens (primary N) is 1. The number of unbranched alkanes of at least 4 members (excludes halogenated alkanes) is 1. The zero-order valence-electron chi connectivity index (χ0n) is 10.8. The van der Waals surface area contributed by atoms with Gasteiger partial charge in [-0.3, -0.25) is 0 Å². The van der Waals surface area contributed by atoms with Gasteiger partial charge in [0, 0.05) is 17.7 Å². The standard InChI is InChI=1S/C14H20F3N/c1-3-5-6-9(4-2)14(18)10-7-12(16)13(17)8-11(10)15/h7-9,14H,3-6,18H2,1-2H3. The van der Waals surface area contributed by atoms with Crippen LogP contribution in [0.2, 0.25) is 0 Å². The van der Waals surface area contributed by atoms with Crippen molar-refractivity contribution in [3.05, 3.63) is 35.1 Å². The van der Waals surface area contributed by atoms with Gasteiger partial charge >= 0.3 is 0 Å². The molecular formula is C14H20F3N. The van der Waals surface area contributed by atoms with Crippen molar-refractivity contribution < 1.29 is 13.2 Å². The van der Waals surface area contributed by atoms with E-state index in [1.807, 2.05) is 6.92 Å². The average Bonchev–Trinajstić information content (AvgIpc) is 2.34. The Morgan fingerprint density at radius 1 is 1.06 bits per heavy atom. The third-order valence-electron chi connectivity index (χ3n) is 3.36. The zero-order chi connectivity index (χ0) is 13.7. The first kappa shape index (κ1) is 15.0. The summed E-state index contributed by atoms with van der Waals surface area (Å²) >= 11 is 0. The summed E-state index contributed by atoms with van der Waals surface area (Å²) in [4.78, 5) is 0. The smallest absolute Gasteiger partial charge is 0.161 e. The van der Waals surface area contributed by atoms with Gasteiger partial charge in [0.15, 0.2) is 11.6 Å². The molecule has 1 nitrogen and oxygen atoms in total. The van der Waals surface area contributed by atoms with E-state index in [9.17, 15) is 13.2 Å². The molecule has 2 N–H and O–H groups in total. The summed E-state index contributed by atoms with van der Waals surface area (Å²) in [5.74, 6) is -2.90. The van der Waals surface area contributed by atoms with Gasteiger partial charge in [0.2, 0.25) is 0 Å². The Balaban J connectivity index is 2.94. The second-order valence-corrected chi connectivity index (χ2v) is 4.62. The van der Waals surface area contributed by atoms with Crippen molar-refractivity contribution in [2.24, 2.45) is 11.7 Å². The highest BCUT2D eigenvalue weighted by Crippen LogP contribution is 2.29. The Morgan fingerprint density at radius 3 is 2.22 bits per heavy atom. The van der Waals surface area contributed by atoms with Crippen molar-refractivity contribution in [1.29, 1.82) is 0 Å². The molecule has 1 aromatic rings. The van der Waals surface area contributed by atoms with Crippen LogP contribution < -0.4 is 5.73 Å². The van der Waals surface area contributed by atoms with Gasteiger partial charge in [-0.1, -0.05) is 33.1 Å². The fourth-order valence-electron chi connectivity index (χ4n) is 2.15. The van der Waals surface area contributed by atoms with Crippen LogP contribution in [0.5, 0.6) is 0 Å². The van der Waals surface area contributed by atoms with Crippen molar-refractivity contribution in [3.8, 4) is 0 Å². The van der Waals surface area contributed by atoms with Crippen LogP contribution in [-0.4, -0.2) is 0 Å². The van der Waals surface area contributed by atoms with E-state index >= 15 is 0 Å². The Kier molecular flexibility index (Phi) is 5.66. The molecule has 0 heterocycles. The van der Waals surface area contributed by atoms with Gasteiger partial charge in [-0.2, -0.15) is 0 Å². The van der Waals surface area contributed by atoms with Crippen molar-refractivity contribution >= 4 is 0 Å². The minimum atomic E-state index is -1.18. The highest BCUT2D eigenvalue weighted by molar-refractivity contribution is 5.23. The lowest BCUT2D eigenvalue weighted by Crippen LogP contribution is -2.22. The van der Waals surface area contributed by atoms with Crippen molar-refractivity contribution in [2.75, 3.05) is 0 Å². The first-order valence-corrected chi connectivity index (χ1v) is 6.41. The molecule has 1 rings (SSSR count). The quantitative estimate of drug-likeness (QED) is 0.756. The molecule has 2 atom stereocenters. The minimum Gasteiger partial charge on any atom is -0.324 e. The molecule has 0 aliphatic heterocycles. The lowest BCUT2D eigenvalue weighted by Gasteiger charge is -2.23. The molecule has 0 aliphatic rings. The summed E-state index contributed by atoms with van der Waals surface area (Å²) in [6.45, 7) is 4.04. The second kappa shape index (κ2) is 6.78. The third-order valence-corrected chi connectivity index (χ3v) is 3.36. The molecule has 2 unspecified atom stereocenters. The van der Waals surface area contributed by atoms with Gasteiger partial charge in [-0.05, 0) is 18.4 Å². The van der Waals surface area contributed by atoms with Crippen LogP contribution in [0.3, 0.4) is 0 Å². The SMILES string of the molecule is CCCCC(CC)C(N)c1cc(F)c(F)cc1F. The topological polar surface area (TPSA) is 26.0 Å². The average molecular weight is 259 g/mol. The predicted octanol–water partition coefficient (Wildman–Crippen LogP) is 4.32. The van der Waals surface area contributed by atoms with E-state index < -0.39 is 23.5 Å². The number of hydrogen-bond donors (Lipinski definition) is 1. The summed E-state index contributed by atoms with van der Waals surface area (Å²) in [5.41, 5.74) is 6.05. The van der Waals surface area contributed by atoms with Gasteiger partial charge in [0.25, 0.3) is 0 Å². The maximum atomic E-state index is 13.6. The summed E-state index contributed by atoms with van der Waals surface area (Å²) in [5, 5.41) is 0. The van der Waals surface area contributed by atoms with E-state index in [-0.39, 0.29) is 11.5 Å². The largest absolute Gasteiger partial charge is 0.324 e. The van der Waals surface area contributed by atoms with Crippen molar-refractivity contribution in [2.45, 2.75) is 45.6 Å². The molecule has 0 spiro atoms. The van der Waals surface area contributed by atoms with Crippen LogP contribution in [-0.2, 0) is 0 Å². The van der Waals surface area contributed by atoms with Gasteiger partial charge in [0.1, 0.15) is 5.82 Å². The Hall–Kier alpha value is -1.03. The van der Waals surface area contributed by atoms with Crippen molar-refractivity contribution in [3.63, 3.8) is 0 Å². The van der Waals surface area contributed by atoms with Gasteiger partial charge in [0.05, 0.1) is 0 Å². The lowest BCUT2D eigenvalue weighted by molar-refractivity contribution is 0.366. The highest BCUT2D eigenvalue weighted by Gasteiger charge is 2.22. The van der Waals surface area contributed by atoms with Crippen LogP contribution in [0.1, 0.15) is 51.1 Å². The number of rotatable bonds is 6. The first-order chi connectivity index (χ1) is 8.51. The molecule has 4 heteroatoms. The van der Waals surface area contributed by atoms with E-state index in [0.717, 1.165) is 31.7 Å². The van der Waals surface area contributed by atoms with E-state index in [2.05, 4.69) is 6.92 Å². The number of halogens is 3. The molecule has 0 saturated heterocycles. The normalized spacial score (nSPS) is 14.6. The second-order valence-electron chi connectivity index (χ2n) is 4.62. The van der Waals surface area contributed by atoms with Gasteiger partial charge in [-0.25, -0.2) is 13.2 Å². The van der Waals surface area contributed by atoms with Gasteiger partial charge in [-0.15, -0.1) is 0 Å². The van der Waals surface area contributed by atoms with Crippen LogP contribution >= 0.6 is 0 Å². The zero-order valence-corrected chi connectivity index (χ0v) is 10.8. The Labute approximate surface area is 106 Å². The van der Waals surface area contributed by atoms with E-state index in [4.69, 9.17) is 5.73 Å². The molecule has 0 aromatic heterocycles. The van der Waals surface area contributed by atoms with Crippen LogP contribution in [0, 0.1) is 23.4 Å². The van der Waals surface area contributed by atoms with E-state index in [1.54, 1.807) is 0 Å². The molecule has 102 valence electrons. The fraction of sp³-hybridized carbons (Fsp3) is 0.571. The first-order valence-electron chi connectivity index (χ1n) is 6.41. The number of hydrogen-bond acceptors (Lipinski definition) is 1. The lowest BCUT2D eigenvalue weighted by atomic mass is 9.87. The minimum absolute atomic E-state index is 0.0665. The molecule has 0 bridgehead atoms.